The Kier molecular flexibility index (Phi) is 5.80. The SMILES string of the molecule is CCOC(=O)C[N]C(=O)C(NC(N)=O)c1cccs1. The summed E-state index contributed by atoms with van der Waals surface area (Å²) in [5.41, 5.74) is 5.01. The maximum Gasteiger partial charge on any atom is 0.327 e. The zero-order chi connectivity index (χ0) is 14.3. The molecule has 0 aromatic carbocycles. The number of hydrogen-bond donors (Lipinski definition) is 2. The molecule has 0 spiro atoms. The molecule has 0 fully saturated rings. The zero-order valence-electron chi connectivity index (χ0n) is 10.3. The lowest BCUT2D eigenvalue weighted by Gasteiger charge is -2.14. The number of ether oxygens (including phenoxy) is 1. The van der Waals surface area contributed by atoms with E-state index in [2.05, 4.69) is 15.4 Å². The van der Waals surface area contributed by atoms with Gasteiger partial charge >= 0.3 is 12.0 Å². The van der Waals surface area contributed by atoms with Crippen LogP contribution in [-0.2, 0) is 14.3 Å². The first-order valence-electron chi connectivity index (χ1n) is 5.51. The average molecular weight is 284 g/mol. The van der Waals surface area contributed by atoms with Crippen LogP contribution in [0.4, 0.5) is 4.79 Å². The van der Waals surface area contributed by atoms with Gasteiger partial charge in [0, 0.05) is 4.88 Å². The molecule has 0 bridgehead atoms. The highest BCUT2D eigenvalue weighted by molar-refractivity contribution is 7.10. The normalized spacial score (nSPS) is 11.4. The minimum atomic E-state index is -0.966. The quantitative estimate of drug-likeness (QED) is 0.724. The van der Waals surface area contributed by atoms with Crippen LogP contribution in [0.25, 0.3) is 0 Å². The predicted molar refractivity (Wildman–Crippen MR) is 68.4 cm³/mol. The fourth-order valence-corrected chi connectivity index (χ4v) is 2.06. The molecule has 1 radical (unpaired) electrons. The van der Waals surface area contributed by atoms with E-state index >= 15 is 0 Å². The molecule has 1 atom stereocenters. The lowest BCUT2D eigenvalue weighted by Crippen LogP contribution is -2.41. The Bertz CT molecular complexity index is 447. The molecule has 3 amide bonds. The number of nitrogens with zero attached hydrogens (tertiary/aromatic N) is 1. The summed E-state index contributed by atoms with van der Waals surface area (Å²) in [6, 6.07) is 1.60. The van der Waals surface area contributed by atoms with Crippen molar-refractivity contribution in [3.8, 4) is 0 Å². The van der Waals surface area contributed by atoms with Gasteiger partial charge in [-0.05, 0) is 18.4 Å². The van der Waals surface area contributed by atoms with E-state index in [1.807, 2.05) is 0 Å². The number of primary amides is 1. The van der Waals surface area contributed by atoms with Gasteiger partial charge in [-0.3, -0.25) is 9.59 Å². The fourth-order valence-electron chi connectivity index (χ4n) is 1.29. The largest absolute Gasteiger partial charge is 0.465 e. The van der Waals surface area contributed by atoms with Crippen LogP contribution < -0.4 is 16.4 Å². The van der Waals surface area contributed by atoms with Crippen molar-refractivity contribution in [2.24, 2.45) is 5.73 Å². The second-order valence-electron chi connectivity index (χ2n) is 3.42. The van der Waals surface area contributed by atoms with Crippen LogP contribution in [0.3, 0.4) is 0 Å². The van der Waals surface area contributed by atoms with Gasteiger partial charge < -0.3 is 15.8 Å². The van der Waals surface area contributed by atoms with Gasteiger partial charge in [0.25, 0.3) is 5.91 Å². The monoisotopic (exact) mass is 284 g/mol. The van der Waals surface area contributed by atoms with Gasteiger partial charge in [0.1, 0.15) is 12.6 Å². The Morgan fingerprint density at radius 3 is 2.79 bits per heavy atom. The van der Waals surface area contributed by atoms with E-state index in [-0.39, 0.29) is 13.2 Å². The molecule has 19 heavy (non-hydrogen) atoms. The van der Waals surface area contributed by atoms with Gasteiger partial charge in [-0.2, -0.15) is 0 Å². The summed E-state index contributed by atoms with van der Waals surface area (Å²) in [6.45, 7) is 1.49. The maximum atomic E-state index is 11.8. The summed E-state index contributed by atoms with van der Waals surface area (Å²) in [4.78, 5) is 34.4. The number of esters is 1. The van der Waals surface area contributed by atoms with E-state index in [4.69, 9.17) is 5.73 Å². The Labute approximate surface area is 114 Å². The van der Waals surface area contributed by atoms with Crippen molar-refractivity contribution in [3.05, 3.63) is 22.4 Å². The Balaban J connectivity index is 2.62. The van der Waals surface area contributed by atoms with Gasteiger partial charge in [-0.25, -0.2) is 10.1 Å². The maximum absolute atomic E-state index is 11.8. The van der Waals surface area contributed by atoms with Crippen molar-refractivity contribution in [1.82, 2.24) is 10.6 Å². The summed E-state index contributed by atoms with van der Waals surface area (Å²) in [7, 11) is 0. The molecule has 103 valence electrons. The minimum Gasteiger partial charge on any atom is -0.465 e. The molecule has 0 saturated carbocycles. The second kappa shape index (κ2) is 7.37. The first kappa shape index (κ1) is 15.0. The molecule has 1 unspecified atom stereocenters. The van der Waals surface area contributed by atoms with Crippen molar-refractivity contribution < 1.29 is 19.1 Å². The standard InChI is InChI=1S/C11H14N3O4S/c1-2-18-8(15)6-13-10(16)9(14-11(12)17)7-4-3-5-19-7/h3-5,9H,2,6H2,1H3,(H3,12,14,17). The molecule has 1 aromatic rings. The number of nitrogens with one attached hydrogen (secondary N) is 1. The van der Waals surface area contributed by atoms with Gasteiger partial charge in [-0.1, -0.05) is 6.07 Å². The predicted octanol–water partition coefficient (Wildman–Crippen LogP) is 0.152. The second-order valence-corrected chi connectivity index (χ2v) is 4.40. The van der Waals surface area contributed by atoms with E-state index in [0.29, 0.717) is 4.88 Å². The summed E-state index contributed by atoms with van der Waals surface area (Å²) >= 11 is 1.28. The first-order valence-corrected chi connectivity index (χ1v) is 6.39. The highest BCUT2D eigenvalue weighted by Crippen LogP contribution is 2.19. The molecule has 1 aromatic heterocycles. The van der Waals surface area contributed by atoms with Crippen LogP contribution in [0.1, 0.15) is 17.8 Å². The topological polar surface area (TPSA) is 113 Å². The van der Waals surface area contributed by atoms with Crippen LogP contribution >= 0.6 is 11.3 Å². The number of hydrogen-bond acceptors (Lipinski definition) is 5. The molecule has 3 N–H and O–H groups in total. The molecular weight excluding hydrogens is 270 g/mol. The van der Waals surface area contributed by atoms with Gasteiger partial charge in [0.05, 0.1) is 6.61 Å². The van der Waals surface area contributed by atoms with Crippen molar-refractivity contribution in [2.45, 2.75) is 13.0 Å². The van der Waals surface area contributed by atoms with Crippen LogP contribution in [0.15, 0.2) is 17.5 Å². The van der Waals surface area contributed by atoms with Crippen molar-refractivity contribution in [3.63, 3.8) is 0 Å². The highest BCUT2D eigenvalue weighted by Gasteiger charge is 2.24. The minimum absolute atomic E-state index is 0.219. The van der Waals surface area contributed by atoms with Crippen molar-refractivity contribution >= 4 is 29.2 Å². The third kappa shape index (κ3) is 4.96. The average Bonchev–Trinajstić information content (AvgIpc) is 2.86. The molecule has 0 aliphatic heterocycles. The number of carbonyl (C=O) groups is 3. The molecule has 0 saturated heterocycles. The number of rotatable bonds is 6. The molecule has 1 rings (SSSR count). The molecule has 1 heterocycles. The number of thiophene rings is 1. The summed E-state index contributed by atoms with van der Waals surface area (Å²) in [5, 5.41) is 7.62. The van der Waals surface area contributed by atoms with Crippen LogP contribution in [0, 0.1) is 0 Å². The van der Waals surface area contributed by atoms with Gasteiger partial charge in [0.15, 0.2) is 0 Å². The van der Waals surface area contributed by atoms with E-state index in [0.717, 1.165) is 0 Å². The third-order valence-electron chi connectivity index (χ3n) is 2.03. The number of carbonyl (C=O) groups excluding carboxylic acids is 3. The van der Waals surface area contributed by atoms with Crippen LogP contribution in [-0.4, -0.2) is 31.1 Å². The van der Waals surface area contributed by atoms with E-state index in [1.54, 1.807) is 24.4 Å². The number of amides is 3. The van der Waals surface area contributed by atoms with Crippen molar-refractivity contribution in [1.29, 1.82) is 0 Å². The Hall–Kier alpha value is -2.09. The smallest absolute Gasteiger partial charge is 0.327 e. The van der Waals surface area contributed by atoms with E-state index < -0.39 is 23.9 Å². The Morgan fingerprint density at radius 2 is 2.26 bits per heavy atom. The fraction of sp³-hybridized carbons (Fsp3) is 0.364. The third-order valence-corrected chi connectivity index (χ3v) is 2.97. The molecule has 0 aliphatic rings. The summed E-state index contributed by atoms with van der Waals surface area (Å²) in [5.74, 6) is -1.24. The van der Waals surface area contributed by atoms with Gasteiger partial charge in [0.2, 0.25) is 0 Å². The zero-order valence-corrected chi connectivity index (χ0v) is 11.1. The molecular formula is C11H14N3O4S. The van der Waals surface area contributed by atoms with E-state index in [9.17, 15) is 14.4 Å². The highest BCUT2D eigenvalue weighted by atomic mass is 32.1. The summed E-state index contributed by atoms with van der Waals surface area (Å²) < 4.78 is 4.65. The lowest BCUT2D eigenvalue weighted by molar-refractivity contribution is -0.143. The first-order chi connectivity index (χ1) is 9.04. The van der Waals surface area contributed by atoms with Gasteiger partial charge in [-0.15, -0.1) is 11.3 Å². The molecule has 0 aliphatic carbocycles. The van der Waals surface area contributed by atoms with Crippen LogP contribution in [0.5, 0.6) is 0 Å². The molecule has 7 nitrogen and oxygen atoms in total. The lowest BCUT2D eigenvalue weighted by atomic mass is 10.2. The van der Waals surface area contributed by atoms with E-state index in [1.165, 1.54) is 11.3 Å². The van der Waals surface area contributed by atoms with Crippen LogP contribution in [0.2, 0.25) is 0 Å². The van der Waals surface area contributed by atoms with Crippen molar-refractivity contribution in [2.75, 3.05) is 13.2 Å². The molecule has 8 heteroatoms. The number of urea groups is 1. The Morgan fingerprint density at radius 1 is 1.53 bits per heavy atom. The number of nitrogens with two attached hydrogens (primary N) is 1. The summed E-state index contributed by atoms with van der Waals surface area (Å²) in [6.07, 6.45) is 0.